The van der Waals surface area contributed by atoms with Crippen molar-refractivity contribution >= 4 is 28.7 Å². The van der Waals surface area contributed by atoms with Gasteiger partial charge in [-0.3, -0.25) is 9.59 Å². The van der Waals surface area contributed by atoms with Gasteiger partial charge < -0.3 is 29.8 Å². The van der Waals surface area contributed by atoms with E-state index in [9.17, 15) is 14.4 Å². The minimum Gasteiger partial charge on any atom is -0.453 e. The van der Waals surface area contributed by atoms with Gasteiger partial charge in [0.05, 0.1) is 48.9 Å². The van der Waals surface area contributed by atoms with Crippen LogP contribution < -0.4 is 5.32 Å². The van der Waals surface area contributed by atoms with Crippen LogP contribution in [0.4, 0.5) is 4.79 Å². The van der Waals surface area contributed by atoms with Crippen LogP contribution in [0.2, 0.25) is 0 Å². The number of aromatic amines is 2. The third-order valence-corrected chi connectivity index (χ3v) is 12.1. The maximum atomic E-state index is 14.0. The summed E-state index contributed by atoms with van der Waals surface area (Å²) in [5.41, 5.74) is 7.17. The van der Waals surface area contributed by atoms with Gasteiger partial charge in [0.2, 0.25) is 11.8 Å². The van der Waals surface area contributed by atoms with Crippen molar-refractivity contribution in [2.75, 3.05) is 20.2 Å². The molecule has 8 rings (SSSR count). The van der Waals surface area contributed by atoms with Crippen molar-refractivity contribution < 1.29 is 19.1 Å². The lowest BCUT2D eigenvalue weighted by Crippen LogP contribution is -2.51. The molecule has 304 valence electrons. The first-order chi connectivity index (χ1) is 28.6. The Labute approximate surface area is 345 Å². The molecular weight excluding hydrogens is 739 g/mol. The lowest BCUT2D eigenvalue weighted by Gasteiger charge is -2.30. The zero-order valence-corrected chi connectivity index (χ0v) is 34.4. The summed E-state index contributed by atoms with van der Waals surface area (Å²) in [4.78, 5) is 60.0. The molecule has 0 saturated carbocycles. The van der Waals surface area contributed by atoms with Gasteiger partial charge in [-0.1, -0.05) is 107 Å². The van der Waals surface area contributed by atoms with Gasteiger partial charge in [-0.2, -0.15) is 0 Å². The first-order valence-electron chi connectivity index (χ1n) is 20.8. The maximum Gasteiger partial charge on any atom is 0.407 e. The molecule has 2 aliphatic rings. The van der Waals surface area contributed by atoms with Crippen molar-refractivity contribution in [1.82, 2.24) is 35.1 Å². The van der Waals surface area contributed by atoms with E-state index >= 15 is 0 Å². The van der Waals surface area contributed by atoms with Crippen LogP contribution in [0.3, 0.4) is 0 Å². The number of hydrogen-bond acceptors (Lipinski definition) is 6. The smallest absolute Gasteiger partial charge is 0.407 e. The number of nitrogens with zero attached hydrogens (tertiary/aromatic N) is 4. The molecule has 11 heteroatoms. The molecule has 2 fully saturated rings. The number of aromatic nitrogens is 4. The van der Waals surface area contributed by atoms with Crippen molar-refractivity contribution in [3.63, 3.8) is 0 Å². The molecule has 0 aliphatic carbocycles. The number of carbonyl (C=O) groups is 3. The normalized spacial score (nSPS) is 17.8. The van der Waals surface area contributed by atoms with Crippen LogP contribution in [0.25, 0.3) is 44.4 Å². The van der Waals surface area contributed by atoms with E-state index in [-0.39, 0.29) is 41.7 Å². The van der Waals surface area contributed by atoms with Crippen molar-refractivity contribution in [2.45, 2.75) is 77.4 Å². The highest BCUT2D eigenvalue weighted by atomic mass is 16.5. The minimum absolute atomic E-state index is 0.0666. The number of fused-ring (bicyclic) bond motifs is 1. The number of likely N-dealkylation sites (tertiary alicyclic amines) is 2. The number of imidazole rings is 2. The largest absolute Gasteiger partial charge is 0.453 e. The Morgan fingerprint density at radius 2 is 1.19 bits per heavy atom. The minimum atomic E-state index is -0.679. The molecule has 6 aromatic rings. The van der Waals surface area contributed by atoms with Gasteiger partial charge in [-0.15, -0.1) is 0 Å². The number of benzene rings is 4. The molecule has 3 amide bonds. The molecular formula is C48H53N7O4. The van der Waals surface area contributed by atoms with E-state index in [1.807, 2.05) is 54.2 Å². The number of rotatable bonds is 11. The molecule has 11 nitrogen and oxygen atoms in total. The Kier molecular flexibility index (Phi) is 11.4. The van der Waals surface area contributed by atoms with Crippen molar-refractivity contribution in [2.24, 2.45) is 11.8 Å². The Morgan fingerprint density at radius 1 is 0.661 bits per heavy atom. The summed E-state index contributed by atoms with van der Waals surface area (Å²) in [6.45, 7) is 9.41. The van der Waals surface area contributed by atoms with E-state index in [0.717, 1.165) is 93.9 Å². The fourth-order valence-electron chi connectivity index (χ4n) is 8.90. The van der Waals surface area contributed by atoms with Crippen LogP contribution in [0, 0.1) is 11.8 Å². The molecule has 0 radical (unpaired) electrons. The van der Waals surface area contributed by atoms with Crippen molar-refractivity contribution in [3.05, 3.63) is 121 Å². The van der Waals surface area contributed by atoms with Crippen LogP contribution in [-0.4, -0.2) is 73.9 Å². The molecule has 0 unspecified atom stereocenters. The molecule has 0 bridgehead atoms. The topological polar surface area (TPSA) is 136 Å². The second-order valence-corrected chi connectivity index (χ2v) is 16.6. The van der Waals surface area contributed by atoms with Crippen LogP contribution >= 0.6 is 0 Å². The molecule has 2 saturated heterocycles. The van der Waals surface area contributed by atoms with Crippen LogP contribution in [-0.2, 0) is 14.3 Å². The molecule has 4 heterocycles. The Hall–Kier alpha value is -6.23. The van der Waals surface area contributed by atoms with Crippen molar-refractivity contribution in [1.29, 1.82) is 0 Å². The van der Waals surface area contributed by atoms with E-state index in [2.05, 4.69) is 102 Å². The number of H-pyrrole nitrogens is 2. The average molecular weight is 792 g/mol. The number of carbonyl (C=O) groups excluding carboxylic acids is 3. The van der Waals surface area contributed by atoms with E-state index in [4.69, 9.17) is 14.7 Å². The highest BCUT2D eigenvalue weighted by molar-refractivity contribution is 5.91. The summed E-state index contributed by atoms with van der Waals surface area (Å²) < 4.78 is 4.78. The number of amides is 3. The van der Waals surface area contributed by atoms with E-state index < -0.39 is 12.1 Å². The molecule has 2 aromatic heterocycles. The fourth-order valence-corrected chi connectivity index (χ4v) is 8.90. The second kappa shape index (κ2) is 16.9. The monoisotopic (exact) mass is 791 g/mol. The Morgan fingerprint density at radius 3 is 1.76 bits per heavy atom. The quantitative estimate of drug-likeness (QED) is 0.120. The van der Waals surface area contributed by atoms with E-state index in [1.165, 1.54) is 7.11 Å². The molecule has 3 N–H and O–H groups in total. The van der Waals surface area contributed by atoms with Gasteiger partial charge in [0.15, 0.2) is 0 Å². The van der Waals surface area contributed by atoms with E-state index in [1.54, 1.807) is 0 Å². The molecule has 4 aromatic carbocycles. The van der Waals surface area contributed by atoms with Crippen molar-refractivity contribution in [3.8, 4) is 33.6 Å². The SMILES string of the molecule is COC(=O)N[C@H](C(=O)N1CCC[C@H]1c1ncc(-c2ccc3cc(-c4ccc(-c5cnc([C@@H]6CCCN6C(=O)[C@H](c6ccccc6)C(C)C)[nH]5)cc4)ccc3c2)[nH]1)C(C)C. The number of methoxy groups -OCH3 is 1. The number of ether oxygens (including phenoxy) is 1. The van der Waals surface area contributed by atoms with Crippen LogP contribution in [0.15, 0.2) is 103 Å². The van der Waals surface area contributed by atoms with Gasteiger partial charge in [0, 0.05) is 18.7 Å². The lowest BCUT2D eigenvalue weighted by molar-refractivity contribution is -0.136. The number of alkyl carbamates (subject to hydrolysis) is 1. The predicted molar refractivity (Wildman–Crippen MR) is 230 cm³/mol. The summed E-state index contributed by atoms with van der Waals surface area (Å²) in [5.74, 6) is 1.53. The summed E-state index contributed by atoms with van der Waals surface area (Å²) in [6, 6.07) is 30.6. The number of hydrogen-bond donors (Lipinski definition) is 3. The lowest BCUT2D eigenvalue weighted by atomic mass is 9.87. The van der Waals surface area contributed by atoms with E-state index in [0.29, 0.717) is 6.54 Å². The van der Waals surface area contributed by atoms with Gasteiger partial charge >= 0.3 is 6.09 Å². The highest BCUT2D eigenvalue weighted by Crippen LogP contribution is 2.38. The summed E-state index contributed by atoms with van der Waals surface area (Å²) in [5, 5.41) is 4.95. The molecule has 59 heavy (non-hydrogen) atoms. The van der Waals surface area contributed by atoms with Crippen LogP contribution in [0.5, 0.6) is 0 Å². The summed E-state index contributed by atoms with van der Waals surface area (Å²) in [7, 11) is 1.30. The summed E-state index contributed by atoms with van der Waals surface area (Å²) >= 11 is 0. The zero-order valence-electron chi connectivity index (χ0n) is 34.4. The first-order valence-corrected chi connectivity index (χ1v) is 20.8. The zero-order chi connectivity index (χ0) is 41.2. The predicted octanol–water partition coefficient (Wildman–Crippen LogP) is 9.43. The molecule has 2 aliphatic heterocycles. The van der Waals surface area contributed by atoms with Crippen LogP contribution in [0.1, 0.15) is 88.6 Å². The van der Waals surface area contributed by atoms with Gasteiger partial charge in [0.1, 0.15) is 17.7 Å². The van der Waals surface area contributed by atoms with Gasteiger partial charge in [-0.05, 0) is 82.7 Å². The fraction of sp³-hybridized carbons (Fsp3) is 0.354. The molecule has 0 spiro atoms. The first kappa shape index (κ1) is 39.6. The second-order valence-electron chi connectivity index (χ2n) is 16.6. The standard InChI is InChI=1S/C48H53N7O4/c1-29(2)42(33-11-7-6-8-12-33)46(56)54-23-9-13-40(54)44-49-27-38(51-44)32-17-15-31(16-18-32)34-19-20-36-26-37(22-21-35(36)25-34)39-28-50-45(52-39)41-14-10-24-55(41)47(57)43(30(3)4)53-48(58)59-5/h6-8,11-12,15-22,25-30,40-43H,9-10,13-14,23-24H2,1-5H3,(H,49,51)(H,50,52)(H,53,58)/t40-,41-,42-,43-/m0/s1. The average Bonchev–Trinajstić information content (AvgIpc) is 4.09. The summed E-state index contributed by atoms with van der Waals surface area (Å²) in [6.07, 6.45) is 6.60. The Balaban J connectivity index is 0.944. The molecule has 4 atom stereocenters. The third-order valence-electron chi connectivity index (χ3n) is 12.1. The van der Waals surface area contributed by atoms with Gasteiger partial charge in [0.25, 0.3) is 0 Å². The number of nitrogens with one attached hydrogen (secondary N) is 3. The van der Waals surface area contributed by atoms with Gasteiger partial charge in [-0.25, -0.2) is 14.8 Å². The third kappa shape index (κ3) is 8.11. The Bertz CT molecular complexity index is 2440. The highest BCUT2D eigenvalue weighted by Gasteiger charge is 2.39. The maximum absolute atomic E-state index is 14.0.